The zero-order valence-electron chi connectivity index (χ0n) is 12.6. The summed E-state index contributed by atoms with van der Waals surface area (Å²) in [5, 5.41) is 9.89. The number of hydrogen-bond donors (Lipinski definition) is 1. The lowest BCUT2D eigenvalue weighted by atomic mass is 10.0. The number of phenolic OH excluding ortho intramolecular Hbond substituents is 1. The van der Waals surface area contributed by atoms with Gasteiger partial charge in [-0.3, -0.25) is 4.90 Å². The normalized spacial score (nSPS) is 18.5. The van der Waals surface area contributed by atoms with E-state index in [9.17, 15) is 9.50 Å². The van der Waals surface area contributed by atoms with Gasteiger partial charge in [0.1, 0.15) is 5.82 Å². The van der Waals surface area contributed by atoms with E-state index in [0.29, 0.717) is 5.75 Å². The third kappa shape index (κ3) is 3.07. The number of halogens is 1. The quantitative estimate of drug-likeness (QED) is 0.930. The molecule has 0 aliphatic carbocycles. The Morgan fingerprint density at radius 2 is 2.14 bits per heavy atom. The van der Waals surface area contributed by atoms with E-state index in [1.54, 1.807) is 24.3 Å². The van der Waals surface area contributed by atoms with Crippen LogP contribution >= 0.6 is 0 Å². The number of likely N-dealkylation sites (tertiary alicyclic amines) is 1. The Morgan fingerprint density at radius 1 is 1.27 bits per heavy atom. The van der Waals surface area contributed by atoms with Crippen LogP contribution in [0.25, 0.3) is 0 Å². The first-order valence-electron chi connectivity index (χ1n) is 7.53. The fraction of sp³-hybridized carbons (Fsp3) is 0.333. The summed E-state index contributed by atoms with van der Waals surface area (Å²) >= 11 is 0. The van der Waals surface area contributed by atoms with Crippen LogP contribution in [0.3, 0.4) is 0 Å². The fourth-order valence-electron chi connectivity index (χ4n) is 3.18. The topological polar surface area (TPSA) is 32.7 Å². The number of hydrogen-bond acceptors (Lipinski definition) is 3. The smallest absolute Gasteiger partial charge is 0.160 e. The summed E-state index contributed by atoms with van der Waals surface area (Å²) in [7, 11) is 1.54. The van der Waals surface area contributed by atoms with Crippen LogP contribution in [-0.4, -0.2) is 23.7 Å². The van der Waals surface area contributed by atoms with E-state index in [0.717, 1.165) is 37.1 Å². The molecule has 1 aliphatic heterocycles. The molecule has 1 heterocycles. The molecule has 1 fully saturated rings. The van der Waals surface area contributed by atoms with Crippen LogP contribution in [0.4, 0.5) is 4.39 Å². The predicted molar refractivity (Wildman–Crippen MR) is 83.4 cm³/mol. The van der Waals surface area contributed by atoms with Gasteiger partial charge in [-0.15, -0.1) is 0 Å². The van der Waals surface area contributed by atoms with Crippen molar-refractivity contribution in [2.75, 3.05) is 13.7 Å². The Kier molecular flexibility index (Phi) is 4.29. The second kappa shape index (κ2) is 6.36. The number of methoxy groups -OCH3 is 1. The van der Waals surface area contributed by atoms with Crippen molar-refractivity contribution in [1.82, 2.24) is 4.90 Å². The number of benzene rings is 2. The van der Waals surface area contributed by atoms with Crippen molar-refractivity contribution in [3.8, 4) is 11.5 Å². The predicted octanol–water partition coefficient (Wildman–Crippen LogP) is 3.88. The van der Waals surface area contributed by atoms with Crippen LogP contribution < -0.4 is 4.74 Å². The average molecular weight is 301 g/mol. The maximum Gasteiger partial charge on any atom is 0.160 e. The highest BCUT2D eigenvalue weighted by Gasteiger charge is 2.26. The standard InChI is InChI=1S/C18H20FNO2/c1-22-18-8-7-13(10-17(18)21)12-20-9-3-6-16(20)14-4-2-5-15(19)11-14/h2,4-5,7-8,10-11,16,21H,3,6,9,12H2,1H3. The van der Waals surface area contributed by atoms with Gasteiger partial charge >= 0.3 is 0 Å². The summed E-state index contributed by atoms with van der Waals surface area (Å²) in [6, 6.07) is 12.5. The zero-order valence-corrected chi connectivity index (χ0v) is 12.6. The van der Waals surface area contributed by atoms with E-state index in [1.165, 1.54) is 13.2 Å². The molecule has 3 rings (SSSR count). The minimum absolute atomic E-state index is 0.154. The average Bonchev–Trinajstić information content (AvgIpc) is 2.95. The molecular formula is C18H20FNO2. The molecule has 0 aromatic heterocycles. The Hall–Kier alpha value is -2.07. The Labute approximate surface area is 130 Å². The van der Waals surface area contributed by atoms with E-state index in [-0.39, 0.29) is 17.6 Å². The molecule has 1 saturated heterocycles. The molecule has 22 heavy (non-hydrogen) atoms. The van der Waals surface area contributed by atoms with Crippen molar-refractivity contribution in [3.05, 3.63) is 59.4 Å². The summed E-state index contributed by atoms with van der Waals surface area (Å²) in [5.74, 6) is 0.444. The first kappa shape index (κ1) is 14.9. The maximum atomic E-state index is 13.4. The van der Waals surface area contributed by atoms with Gasteiger partial charge in [-0.25, -0.2) is 4.39 Å². The Morgan fingerprint density at radius 3 is 2.86 bits per heavy atom. The van der Waals surface area contributed by atoms with Crippen LogP contribution in [0.1, 0.15) is 30.0 Å². The zero-order chi connectivity index (χ0) is 15.5. The third-order valence-corrected chi connectivity index (χ3v) is 4.23. The lowest BCUT2D eigenvalue weighted by molar-refractivity contribution is 0.247. The molecule has 0 amide bonds. The van der Waals surface area contributed by atoms with Gasteiger partial charge in [0.2, 0.25) is 0 Å². The van der Waals surface area contributed by atoms with Gasteiger partial charge < -0.3 is 9.84 Å². The van der Waals surface area contributed by atoms with Crippen LogP contribution in [0.5, 0.6) is 11.5 Å². The minimum atomic E-state index is -0.188. The molecule has 0 spiro atoms. The number of nitrogens with zero attached hydrogens (tertiary/aromatic N) is 1. The maximum absolute atomic E-state index is 13.4. The van der Waals surface area contributed by atoms with Gasteiger partial charge in [0, 0.05) is 12.6 Å². The van der Waals surface area contributed by atoms with Gasteiger partial charge in [-0.2, -0.15) is 0 Å². The summed E-state index contributed by atoms with van der Waals surface area (Å²) in [5.41, 5.74) is 2.05. The number of aromatic hydroxyl groups is 1. The molecule has 0 radical (unpaired) electrons. The van der Waals surface area contributed by atoms with Crippen LogP contribution in [0.15, 0.2) is 42.5 Å². The lowest BCUT2D eigenvalue weighted by Crippen LogP contribution is -2.22. The summed E-state index contributed by atoms with van der Waals surface area (Å²) in [6.07, 6.45) is 2.13. The van der Waals surface area contributed by atoms with Gasteiger partial charge in [0.05, 0.1) is 7.11 Å². The van der Waals surface area contributed by atoms with Crippen molar-refractivity contribution in [2.45, 2.75) is 25.4 Å². The van der Waals surface area contributed by atoms with E-state index in [2.05, 4.69) is 4.90 Å². The SMILES string of the molecule is COc1ccc(CN2CCCC2c2cccc(F)c2)cc1O. The summed E-state index contributed by atoms with van der Waals surface area (Å²) in [6.45, 7) is 1.71. The van der Waals surface area contributed by atoms with Gasteiger partial charge in [0.15, 0.2) is 11.5 Å². The van der Waals surface area contributed by atoms with Crippen LogP contribution in [0, 0.1) is 5.82 Å². The number of phenols is 1. The minimum Gasteiger partial charge on any atom is -0.504 e. The summed E-state index contributed by atoms with van der Waals surface area (Å²) < 4.78 is 18.5. The van der Waals surface area contributed by atoms with Gasteiger partial charge in [-0.1, -0.05) is 18.2 Å². The first-order chi connectivity index (χ1) is 10.7. The Balaban J connectivity index is 1.78. The van der Waals surface area contributed by atoms with E-state index in [1.807, 2.05) is 12.1 Å². The molecule has 2 aromatic carbocycles. The van der Waals surface area contributed by atoms with E-state index >= 15 is 0 Å². The second-order valence-corrected chi connectivity index (χ2v) is 5.69. The van der Waals surface area contributed by atoms with Crippen molar-refractivity contribution in [3.63, 3.8) is 0 Å². The molecular weight excluding hydrogens is 281 g/mol. The van der Waals surface area contributed by atoms with Crippen molar-refractivity contribution >= 4 is 0 Å². The van der Waals surface area contributed by atoms with Crippen LogP contribution in [-0.2, 0) is 6.54 Å². The van der Waals surface area contributed by atoms with Crippen molar-refractivity contribution in [2.24, 2.45) is 0 Å². The number of rotatable bonds is 4. The molecule has 3 nitrogen and oxygen atoms in total. The molecule has 0 saturated carbocycles. The highest BCUT2D eigenvalue weighted by molar-refractivity contribution is 5.41. The van der Waals surface area contributed by atoms with E-state index in [4.69, 9.17) is 4.74 Å². The van der Waals surface area contributed by atoms with Crippen molar-refractivity contribution in [1.29, 1.82) is 0 Å². The second-order valence-electron chi connectivity index (χ2n) is 5.69. The molecule has 1 N–H and O–H groups in total. The summed E-state index contributed by atoms with van der Waals surface area (Å²) in [4.78, 5) is 2.33. The molecule has 1 unspecified atom stereocenters. The Bertz CT molecular complexity index is 659. The molecule has 1 atom stereocenters. The van der Waals surface area contributed by atoms with Gasteiger partial charge in [-0.05, 0) is 54.8 Å². The largest absolute Gasteiger partial charge is 0.504 e. The molecule has 116 valence electrons. The van der Waals surface area contributed by atoms with Gasteiger partial charge in [0.25, 0.3) is 0 Å². The molecule has 1 aliphatic rings. The van der Waals surface area contributed by atoms with E-state index < -0.39 is 0 Å². The molecule has 0 bridgehead atoms. The highest BCUT2D eigenvalue weighted by Crippen LogP contribution is 2.34. The first-order valence-corrected chi connectivity index (χ1v) is 7.53. The third-order valence-electron chi connectivity index (χ3n) is 4.23. The molecule has 2 aromatic rings. The lowest BCUT2D eigenvalue weighted by Gasteiger charge is -2.25. The molecule has 4 heteroatoms. The van der Waals surface area contributed by atoms with Crippen LogP contribution in [0.2, 0.25) is 0 Å². The van der Waals surface area contributed by atoms with Crippen molar-refractivity contribution < 1.29 is 14.2 Å². The highest BCUT2D eigenvalue weighted by atomic mass is 19.1. The monoisotopic (exact) mass is 301 g/mol. The number of ether oxygens (including phenoxy) is 1. The fourth-order valence-corrected chi connectivity index (χ4v) is 3.18.